The third-order valence-electron chi connectivity index (χ3n) is 6.59. The number of ether oxygens (including phenoxy) is 1. The molecule has 0 aromatic heterocycles. The van der Waals surface area contributed by atoms with E-state index >= 15 is 0 Å². The van der Waals surface area contributed by atoms with Crippen molar-refractivity contribution in [3.05, 3.63) is 59.7 Å². The number of hydrogen-bond donors (Lipinski definition) is 3. The number of amides is 2. The monoisotopic (exact) mass is 436 g/mol. The van der Waals surface area contributed by atoms with Crippen molar-refractivity contribution in [1.82, 2.24) is 10.6 Å². The number of nitrogens with one attached hydrogen (secondary N) is 2. The van der Waals surface area contributed by atoms with E-state index in [2.05, 4.69) is 22.8 Å². The highest BCUT2D eigenvalue weighted by Gasteiger charge is 2.33. The summed E-state index contributed by atoms with van der Waals surface area (Å²) in [6, 6.07) is 15.4. The number of carboxylic acid groups (broad SMARTS) is 1. The van der Waals surface area contributed by atoms with Crippen molar-refractivity contribution >= 4 is 18.0 Å². The average Bonchev–Trinajstić information content (AvgIpc) is 3.39. The van der Waals surface area contributed by atoms with E-state index in [1.165, 1.54) is 0 Å². The van der Waals surface area contributed by atoms with Gasteiger partial charge < -0.3 is 20.5 Å². The number of hydrogen-bond acceptors (Lipinski definition) is 4. The van der Waals surface area contributed by atoms with Gasteiger partial charge in [0.15, 0.2) is 0 Å². The van der Waals surface area contributed by atoms with Gasteiger partial charge in [0.1, 0.15) is 12.6 Å². The Hall–Kier alpha value is -3.35. The molecule has 0 heterocycles. The standard InChI is InChI=1S/C25H28N2O5/c1-15(23(28)26-13-16-7-6-12-17(16)24(29)30)27-25(31)32-14-22-20-10-4-2-8-18(20)19-9-3-5-11-21(19)22/h2-5,8-11,15-17,22H,6-7,12-14H2,1H3,(H,26,28)(H,27,31)(H,29,30)/t15-,16-,17-/m0/s1. The molecule has 0 aliphatic heterocycles. The molecule has 0 bridgehead atoms. The Morgan fingerprint density at radius 1 is 1.03 bits per heavy atom. The largest absolute Gasteiger partial charge is 0.481 e. The van der Waals surface area contributed by atoms with Crippen LogP contribution in [0.2, 0.25) is 0 Å². The molecule has 1 fully saturated rings. The number of carboxylic acids is 1. The van der Waals surface area contributed by atoms with Gasteiger partial charge in [-0.1, -0.05) is 55.0 Å². The molecular weight excluding hydrogens is 408 g/mol. The molecule has 2 aliphatic rings. The van der Waals surface area contributed by atoms with Gasteiger partial charge in [-0.25, -0.2) is 4.79 Å². The molecular formula is C25H28N2O5. The first-order valence-electron chi connectivity index (χ1n) is 11.1. The van der Waals surface area contributed by atoms with Gasteiger partial charge in [-0.15, -0.1) is 0 Å². The quantitative estimate of drug-likeness (QED) is 0.616. The van der Waals surface area contributed by atoms with Crippen LogP contribution in [0.4, 0.5) is 4.79 Å². The summed E-state index contributed by atoms with van der Waals surface area (Å²) in [4.78, 5) is 36.0. The summed E-state index contributed by atoms with van der Waals surface area (Å²) in [5.41, 5.74) is 4.54. The van der Waals surface area contributed by atoms with E-state index in [0.717, 1.165) is 35.1 Å². The fourth-order valence-corrected chi connectivity index (χ4v) is 4.87. The zero-order valence-corrected chi connectivity index (χ0v) is 18.0. The van der Waals surface area contributed by atoms with E-state index in [0.29, 0.717) is 13.0 Å². The van der Waals surface area contributed by atoms with Gasteiger partial charge in [0.05, 0.1) is 5.92 Å². The Bertz CT molecular complexity index is 975. The molecule has 2 aromatic carbocycles. The lowest BCUT2D eigenvalue weighted by Gasteiger charge is -2.19. The third-order valence-corrected chi connectivity index (χ3v) is 6.59. The van der Waals surface area contributed by atoms with E-state index in [1.54, 1.807) is 6.92 Å². The Labute approximate surface area is 187 Å². The van der Waals surface area contributed by atoms with Crippen LogP contribution >= 0.6 is 0 Å². The smallest absolute Gasteiger partial charge is 0.407 e. The van der Waals surface area contributed by atoms with Crippen LogP contribution in [-0.2, 0) is 14.3 Å². The van der Waals surface area contributed by atoms with Crippen molar-refractivity contribution in [1.29, 1.82) is 0 Å². The summed E-state index contributed by atoms with van der Waals surface area (Å²) < 4.78 is 5.48. The zero-order valence-electron chi connectivity index (χ0n) is 18.0. The van der Waals surface area contributed by atoms with Crippen LogP contribution < -0.4 is 10.6 Å². The van der Waals surface area contributed by atoms with Crippen molar-refractivity contribution < 1.29 is 24.2 Å². The summed E-state index contributed by atoms with van der Waals surface area (Å²) in [5, 5.41) is 14.6. The molecule has 7 nitrogen and oxygen atoms in total. The highest BCUT2D eigenvalue weighted by molar-refractivity contribution is 5.85. The number of carbonyl (C=O) groups is 3. The molecule has 3 atom stereocenters. The number of benzene rings is 2. The zero-order chi connectivity index (χ0) is 22.7. The second kappa shape index (κ2) is 9.42. The van der Waals surface area contributed by atoms with Crippen LogP contribution in [0.3, 0.4) is 0 Å². The van der Waals surface area contributed by atoms with Crippen LogP contribution in [0.15, 0.2) is 48.5 Å². The van der Waals surface area contributed by atoms with E-state index in [1.807, 2.05) is 36.4 Å². The van der Waals surface area contributed by atoms with Gasteiger partial charge in [0.25, 0.3) is 0 Å². The lowest BCUT2D eigenvalue weighted by atomic mass is 9.96. The van der Waals surface area contributed by atoms with Crippen molar-refractivity contribution in [2.45, 2.75) is 38.1 Å². The van der Waals surface area contributed by atoms with Gasteiger partial charge in [-0.05, 0) is 47.9 Å². The molecule has 2 amide bonds. The first-order chi connectivity index (χ1) is 15.5. The highest BCUT2D eigenvalue weighted by Crippen LogP contribution is 2.44. The second-order valence-corrected chi connectivity index (χ2v) is 8.57. The van der Waals surface area contributed by atoms with Crippen LogP contribution in [0.5, 0.6) is 0 Å². The first-order valence-corrected chi connectivity index (χ1v) is 11.1. The van der Waals surface area contributed by atoms with Crippen LogP contribution in [-0.4, -0.2) is 42.3 Å². The predicted molar refractivity (Wildman–Crippen MR) is 119 cm³/mol. The maximum atomic E-state index is 12.4. The Morgan fingerprint density at radius 2 is 1.66 bits per heavy atom. The Morgan fingerprint density at radius 3 is 2.28 bits per heavy atom. The molecule has 2 aromatic rings. The van der Waals surface area contributed by atoms with Crippen LogP contribution in [0, 0.1) is 11.8 Å². The normalized spacial score (nSPS) is 20.2. The van der Waals surface area contributed by atoms with E-state index < -0.39 is 24.0 Å². The Balaban J connectivity index is 1.29. The third kappa shape index (κ3) is 4.47. The maximum Gasteiger partial charge on any atom is 0.407 e. The number of alkyl carbamates (subject to hydrolysis) is 1. The van der Waals surface area contributed by atoms with Crippen molar-refractivity contribution in [2.75, 3.05) is 13.2 Å². The minimum atomic E-state index is -0.813. The first kappa shape index (κ1) is 21.9. The SMILES string of the molecule is C[C@H](NC(=O)OCC1c2ccccc2-c2ccccc21)C(=O)NC[C@@H]1CCC[C@@H]1C(=O)O. The van der Waals surface area contributed by atoms with E-state index in [4.69, 9.17) is 4.74 Å². The molecule has 0 spiro atoms. The second-order valence-electron chi connectivity index (χ2n) is 8.57. The lowest BCUT2D eigenvalue weighted by molar-refractivity contribution is -0.143. The summed E-state index contributed by atoms with van der Waals surface area (Å²) >= 11 is 0. The highest BCUT2D eigenvalue weighted by atomic mass is 16.5. The van der Waals surface area contributed by atoms with Gasteiger partial charge >= 0.3 is 12.1 Å². The summed E-state index contributed by atoms with van der Waals surface area (Å²) in [6.07, 6.45) is 1.62. The molecule has 0 unspecified atom stereocenters. The van der Waals surface area contributed by atoms with Crippen molar-refractivity contribution in [3.8, 4) is 11.1 Å². The lowest BCUT2D eigenvalue weighted by Crippen LogP contribution is -2.46. The number of rotatable bonds is 7. The number of aliphatic carboxylic acids is 1. The molecule has 2 aliphatic carbocycles. The Kier molecular flexibility index (Phi) is 6.44. The van der Waals surface area contributed by atoms with Crippen molar-refractivity contribution in [2.24, 2.45) is 11.8 Å². The molecule has 4 rings (SSSR count). The van der Waals surface area contributed by atoms with Crippen molar-refractivity contribution in [3.63, 3.8) is 0 Å². The van der Waals surface area contributed by atoms with Gasteiger partial charge in [0.2, 0.25) is 5.91 Å². The van der Waals surface area contributed by atoms with Crippen LogP contribution in [0.1, 0.15) is 43.2 Å². The average molecular weight is 437 g/mol. The van der Waals surface area contributed by atoms with Gasteiger partial charge in [-0.2, -0.15) is 0 Å². The predicted octanol–water partition coefficient (Wildman–Crippen LogP) is 3.53. The molecule has 7 heteroatoms. The fraction of sp³-hybridized carbons (Fsp3) is 0.400. The molecule has 0 saturated heterocycles. The van der Waals surface area contributed by atoms with E-state index in [-0.39, 0.29) is 24.3 Å². The molecule has 1 saturated carbocycles. The molecule has 168 valence electrons. The summed E-state index contributed by atoms with van der Waals surface area (Å²) in [7, 11) is 0. The summed E-state index contributed by atoms with van der Waals surface area (Å²) in [5.74, 6) is -1.70. The fourth-order valence-electron chi connectivity index (χ4n) is 4.87. The molecule has 0 radical (unpaired) electrons. The maximum absolute atomic E-state index is 12.4. The topological polar surface area (TPSA) is 105 Å². The number of carbonyl (C=O) groups excluding carboxylic acids is 2. The minimum absolute atomic E-state index is 0.0485. The molecule has 32 heavy (non-hydrogen) atoms. The van der Waals surface area contributed by atoms with Crippen LogP contribution in [0.25, 0.3) is 11.1 Å². The van der Waals surface area contributed by atoms with Gasteiger partial charge in [0, 0.05) is 12.5 Å². The van der Waals surface area contributed by atoms with E-state index in [9.17, 15) is 19.5 Å². The minimum Gasteiger partial charge on any atom is -0.481 e. The van der Waals surface area contributed by atoms with Gasteiger partial charge in [-0.3, -0.25) is 9.59 Å². The summed E-state index contributed by atoms with van der Waals surface area (Å²) in [6.45, 7) is 2.06. The molecule has 3 N–H and O–H groups in total. The number of fused-ring (bicyclic) bond motifs is 3.